The van der Waals surface area contributed by atoms with Gasteiger partial charge in [0.1, 0.15) is 6.04 Å². The van der Waals surface area contributed by atoms with Gasteiger partial charge in [-0.05, 0) is 93.4 Å². The molecule has 3 N–H and O–H groups in total. The predicted octanol–water partition coefficient (Wildman–Crippen LogP) is 3.79. The molecule has 14 nitrogen and oxygen atoms in total. The van der Waals surface area contributed by atoms with Gasteiger partial charge in [0.25, 0.3) is 5.56 Å². The Labute approximate surface area is 321 Å². The number of carbonyl (C=O) groups is 3. The van der Waals surface area contributed by atoms with Crippen molar-refractivity contribution in [2.24, 2.45) is 0 Å². The van der Waals surface area contributed by atoms with E-state index in [2.05, 4.69) is 44.1 Å². The molecular weight excluding hydrogens is 699 g/mol. The summed E-state index contributed by atoms with van der Waals surface area (Å²) in [6, 6.07) is 13.2. The Morgan fingerprint density at radius 3 is 2.45 bits per heavy atom. The number of urea groups is 1. The van der Waals surface area contributed by atoms with Crippen LogP contribution in [0.25, 0.3) is 21.8 Å². The maximum atomic E-state index is 14.4. The number of nitrogens with zero attached hydrogens (tertiary/aromatic N) is 6. The van der Waals surface area contributed by atoms with Crippen LogP contribution in [0.3, 0.4) is 0 Å². The van der Waals surface area contributed by atoms with Crippen LogP contribution < -0.4 is 16.2 Å². The molecule has 0 saturated carbocycles. The van der Waals surface area contributed by atoms with Gasteiger partial charge in [-0.15, -0.1) is 6.58 Å². The van der Waals surface area contributed by atoms with Gasteiger partial charge in [-0.2, -0.15) is 5.10 Å². The SMILES string of the molecule is C=CCNC(=O)OCn1cc2cc(C[C@@H](NC(=O)N3CCC(c4cc5ccccc5[nH]c4=O)CC3)C(=O)N3CCN(C4CCN(C)CC4)CC3)cc(C)c2n1. The monoisotopic (exact) mass is 751 g/mol. The minimum absolute atomic E-state index is 0.0400. The molecule has 14 heteroatoms. The van der Waals surface area contributed by atoms with E-state index in [0.717, 1.165) is 77.5 Å². The number of hydrogen-bond donors (Lipinski definition) is 3. The van der Waals surface area contributed by atoms with E-state index in [1.807, 2.05) is 60.5 Å². The lowest BCUT2D eigenvalue weighted by molar-refractivity contribution is -0.135. The number of aryl methyl sites for hydroxylation is 1. The Kier molecular flexibility index (Phi) is 11.8. The molecule has 2 aromatic carbocycles. The lowest BCUT2D eigenvalue weighted by atomic mass is 9.89. The number of rotatable bonds is 10. The summed E-state index contributed by atoms with van der Waals surface area (Å²) in [4.78, 5) is 64.8. The molecule has 3 aliphatic rings. The van der Waals surface area contributed by atoms with Crippen LogP contribution >= 0.6 is 0 Å². The van der Waals surface area contributed by atoms with Crippen LogP contribution in [0.15, 0.2) is 66.1 Å². The molecule has 0 bridgehead atoms. The number of carbonyl (C=O) groups excluding carboxylic acids is 3. The first-order chi connectivity index (χ1) is 26.6. The third-order valence-corrected chi connectivity index (χ3v) is 11.5. The number of nitrogens with one attached hydrogen (secondary N) is 3. The second-order valence-corrected chi connectivity index (χ2v) is 15.3. The van der Waals surface area contributed by atoms with Crippen molar-refractivity contribution < 1.29 is 19.1 Å². The van der Waals surface area contributed by atoms with E-state index in [1.54, 1.807) is 15.7 Å². The highest BCUT2D eigenvalue weighted by Gasteiger charge is 2.34. The number of piperazine rings is 1. The fourth-order valence-corrected chi connectivity index (χ4v) is 8.38. The number of hydrogen-bond acceptors (Lipinski definition) is 8. The second-order valence-electron chi connectivity index (χ2n) is 15.3. The molecule has 3 saturated heterocycles. The van der Waals surface area contributed by atoms with Gasteiger partial charge in [-0.25, -0.2) is 14.3 Å². The fraction of sp³-hybridized carbons (Fsp3) is 0.488. The third-order valence-electron chi connectivity index (χ3n) is 11.5. The Balaban J connectivity index is 1.04. The molecule has 1 atom stereocenters. The molecule has 0 spiro atoms. The van der Waals surface area contributed by atoms with Gasteiger partial charge in [0, 0.05) is 80.9 Å². The number of aromatic amines is 1. The average Bonchev–Trinajstić information content (AvgIpc) is 3.62. The molecule has 292 valence electrons. The molecule has 2 aromatic heterocycles. The fourth-order valence-electron chi connectivity index (χ4n) is 8.38. The van der Waals surface area contributed by atoms with Crippen LogP contribution in [0.2, 0.25) is 0 Å². The van der Waals surface area contributed by atoms with Crippen molar-refractivity contribution in [3.63, 3.8) is 0 Å². The van der Waals surface area contributed by atoms with Crippen molar-refractivity contribution in [2.45, 2.75) is 63.8 Å². The predicted molar refractivity (Wildman–Crippen MR) is 212 cm³/mol. The summed E-state index contributed by atoms with van der Waals surface area (Å²) in [5.41, 5.74) is 4.06. The minimum atomic E-state index is -0.771. The Hall–Kier alpha value is -5.21. The van der Waals surface area contributed by atoms with E-state index in [0.29, 0.717) is 58.0 Å². The van der Waals surface area contributed by atoms with E-state index >= 15 is 0 Å². The molecule has 0 unspecified atom stereocenters. The number of H-pyrrole nitrogens is 1. The number of aromatic nitrogens is 3. The highest BCUT2D eigenvalue weighted by Crippen LogP contribution is 2.28. The number of pyridine rings is 1. The number of likely N-dealkylation sites (tertiary alicyclic amines) is 2. The van der Waals surface area contributed by atoms with E-state index < -0.39 is 12.1 Å². The molecule has 3 aliphatic heterocycles. The molecule has 3 fully saturated rings. The first-order valence-electron chi connectivity index (χ1n) is 19.5. The van der Waals surface area contributed by atoms with Crippen LogP contribution in [0.5, 0.6) is 0 Å². The highest BCUT2D eigenvalue weighted by molar-refractivity contribution is 5.88. The molecule has 4 amide bonds. The van der Waals surface area contributed by atoms with Crippen LogP contribution in [0, 0.1) is 6.92 Å². The zero-order valence-corrected chi connectivity index (χ0v) is 32.0. The summed E-state index contributed by atoms with van der Waals surface area (Å²) in [5.74, 6) is -0.0421. The van der Waals surface area contributed by atoms with Crippen molar-refractivity contribution in [3.8, 4) is 0 Å². The molecule has 4 aromatic rings. The number of amides is 4. The van der Waals surface area contributed by atoms with Gasteiger partial charge in [0.2, 0.25) is 5.91 Å². The van der Waals surface area contributed by atoms with Crippen molar-refractivity contribution >= 4 is 39.8 Å². The first kappa shape index (κ1) is 38.1. The van der Waals surface area contributed by atoms with Gasteiger partial charge >= 0.3 is 12.1 Å². The normalized spacial score (nSPS) is 18.4. The summed E-state index contributed by atoms with van der Waals surface area (Å²) in [6.07, 6.45) is 6.74. The number of benzene rings is 2. The summed E-state index contributed by atoms with van der Waals surface area (Å²) >= 11 is 0. The molecule has 0 aliphatic carbocycles. The van der Waals surface area contributed by atoms with Crippen molar-refractivity contribution in [1.29, 1.82) is 0 Å². The van der Waals surface area contributed by atoms with E-state index in [-0.39, 0.29) is 30.1 Å². The topological polar surface area (TPSA) is 148 Å². The van der Waals surface area contributed by atoms with Crippen LogP contribution in [-0.4, -0.2) is 130 Å². The molecule has 7 rings (SSSR count). The summed E-state index contributed by atoms with van der Waals surface area (Å²) in [6.45, 7) is 11.8. The van der Waals surface area contributed by atoms with Crippen molar-refractivity contribution in [1.82, 2.24) is 45.0 Å². The maximum absolute atomic E-state index is 14.4. The van der Waals surface area contributed by atoms with Gasteiger partial charge in [0.05, 0.1) is 5.52 Å². The average molecular weight is 752 g/mol. The van der Waals surface area contributed by atoms with Crippen molar-refractivity contribution in [2.75, 3.05) is 66.0 Å². The zero-order valence-electron chi connectivity index (χ0n) is 32.0. The quantitative estimate of drug-likeness (QED) is 0.208. The van der Waals surface area contributed by atoms with Crippen LogP contribution in [0.4, 0.5) is 9.59 Å². The summed E-state index contributed by atoms with van der Waals surface area (Å²) < 4.78 is 6.85. The van der Waals surface area contributed by atoms with E-state index in [9.17, 15) is 19.2 Å². The van der Waals surface area contributed by atoms with Crippen LogP contribution in [0.1, 0.15) is 48.3 Å². The number of alkyl carbamates (subject to hydrolysis) is 1. The van der Waals surface area contributed by atoms with Gasteiger partial charge in [-0.1, -0.05) is 30.3 Å². The van der Waals surface area contributed by atoms with Crippen molar-refractivity contribution in [3.05, 3.63) is 88.4 Å². The minimum Gasteiger partial charge on any atom is -0.426 e. The lowest BCUT2D eigenvalue weighted by Gasteiger charge is -2.43. The molecular formula is C41H53N9O5. The van der Waals surface area contributed by atoms with Crippen LogP contribution in [-0.2, 0) is 22.7 Å². The Bertz CT molecular complexity index is 2070. The van der Waals surface area contributed by atoms with E-state index in [1.165, 1.54) is 0 Å². The molecule has 0 radical (unpaired) electrons. The summed E-state index contributed by atoms with van der Waals surface area (Å²) in [7, 11) is 2.17. The maximum Gasteiger partial charge on any atom is 0.409 e. The smallest absolute Gasteiger partial charge is 0.409 e. The largest absolute Gasteiger partial charge is 0.426 e. The second kappa shape index (κ2) is 17.1. The first-order valence-corrected chi connectivity index (χ1v) is 19.5. The van der Waals surface area contributed by atoms with Gasteiger partial charge in [0.15, 0.2) is 6.73 Å². The summed E-state index contributed by atoms with van der Waals surface area (Å²) in [5, 5.41) is 12.2. The molecule has 55 heavy (non-hydrogen) atoms. The van der Waals surface area contributed by atoms with Gasteiger partial charge < -0.3 is 35.1 Å². The number of ether oxygens (including phenoxy) is 1. The lowest BCUT2D eigenvalue weighted by Crippen LogP contribution is -2.59. The third kappa shape index (κ3) is 9.03. The number of para-hydroxylation sites is 1. The Morgan fingerprint density at radius 1 is 0.964 bits per heavy atom. The van der Waals surface area contributed by atoms with Gasteiger partial charge in [-0.3, -0.25) is 14.5 Å². The van der Waals surface area contributed by atoms with E-state index in [4.69, 9.17) is 4.74 Å². The Morgan fingerprint density at radius 2 is 1.71 bits per heavy atom. The number of fused-ring (bicyclic) bond motifs is 2. The highest BCUT2D eigenvalue weighted by atomic mass is 16.6. The standard InChI is InChI=1S/C41H53N9O5/c1-4-13-42-41(54)55-27-50-26-32-23-29(22-28(2)37(32)45-50)24-36(39(52)48-20-18-47(19-21-48)33-11-14-46(3)15-12-33)44-40(53)49-16-9-30(10-17-49)34-25-31-7-5-6-8-35(31)43-38(34)51/h4-8,22-23,25-26,30,33,36H,1,9-21,24,27H2,2-3H3,(H,42,54)(H,43,51)(H,44,53)/t36-/m1/s1. The molecule has 5 heterocycles. The number of piperidine rings is 2. The zero-order chi connectivity index (χ0) is 38.5.